The molecular formula is C22H30N4O2. The standard InChI is InChI=1S/C22H30N4O2/c1-2-3-8-14-23-22(28)20-25-19(18-12-7-9-16-26(18)20)21(27)24-15-13-17-10-5-4-6-11-17/h4-6,10-11H,2-3,7-9,12-16H2,1H3,(H,23,28)(H,24,27). The quantitative estimate of drug-likeness (QED) is 0.654. The van der Waals surface area contributed by atoms with Crippen molar-refractivity contribution < 1.29 is 9.59 Å². The first-order valence-electron chi connectivity index (χ1n) is 10.4. The molecule has 28 heavy (non-hydrogen) atoms. The maximum absolute atomic E-state index is 12.7. The molecule has 2 aromatic rings. The van der Waals surface area contributed by atoms with Crippen LogP contribution in [0.25, 0.3) is 0 Å². The minimum atomic E-state index is -0.188. The Bertz CT molecular complexity index is 798. The van der Waals surface area contributed by atoms with E-state index in [-0.39, 0.29) is 11.8 Å². The summed E-state index contributed by atoms with van der Waals surface area (Å²) < 4.78 is 1.94. The molecular weight excluding hydrogens is 352 g/mol. The first kappa shape index (κ1) is 20.1. The van der Waals surface area contributed by atoms with E-state index in [1.54, 1.807) is 0 Å². The third kappa shape index (κ3) is 5.00. The van der Waals surface area contributed by atoms with Gasteiger partial charge in [-0.2, -0.15) is 0 Å². The lowest BCUT2D eigenvalue weighted by molar-refractivity contribution is 0.0937. The number of nitrogens with one attached hydrogen (secondary N) is 2. The number of rotatable bonds is 9. The Labute approximate surface area is 166 Å². The molecule has 0 atom stereocenters. The van der Waals surface area contributed by atoms with E-state index < -0.39 is 0 Å². The van der Waals surface area contributed by atoms with Crippen molar-refractivity contribution in [3.63, 3.8) is 0 Å². The van der Waals surface area contributed by atoms with Crippen molar-refractivity contribution in [1.29, 1.82) is 0 Å². The highest BCUT2D eigenvalue weighted by Crippen LogP contribution is 2.21. The predicted octanol–water partition coefficient (Wildman–Crippen LogP) is 3.11. The van der Waals surface area contributed by atoms with Crippen molar-refractivity contribution in [2.75, 3.05) is 13.1 Å². The molecule has 150 valence electrons. The van der Waals surface area contributed by atoms with Crippen molar-refractivity contribution in [1.82, 2.24) is 20.2 Å². The highest BCUT2D eigenvalue weighted by molar-refractivity contribution is 5.97. The van der Waals surface area contributed by atoms with E-state index in [0.717, 1.165) is 57.2 Å². The van der Waals surface area contributed by atoms with Gasteiger partial charge in [-0.25, -0.2) is 4.98 Å². The Morgan fingerprint density at radius 2 is 1.82 bits per heavy atom. The summed E-state index contributed by atoms with van der Waals surface area (Å²) in [5, 5.41) is 5.91. The van der Waals surface area contributed by atoms with Gasteiger partial charge in [-0.1, -0.05) is 50.1 Å². The van der Waals surface area contributed by atoms with Crippen molar-refractivity contribution >= 4 is 11.8 Å². The molecule has 0 unspecified atom stereocenters. The molecule has 2 N–H and O–H groups in total. The van der Waals surface area contributed by atoms with Crippen molar-refractivity contribution in [2.24, 2.45) is 0 Å². The molecule has 0 saturated carbocycles. The van der Waals surface area contributed by atoms with Gasteiger partial charge in [0.1, 0.15) is 5.69 Å². The van der Waals surface area contributed by atoms with E-state index in [1.807, 2.05) is 34.9 Å². The van der Waals surface area contributed by atoms with Crippen LogP contribution in [0.4, 0.5) is 0 Å². The fourth-order valence-electron chi connectivity index (χ4n) is 3.60. The van der Waals surface area contributed by atoms with E-state index in [1.165, 1.54) is 5.56 Å². The second kappa shape index (κ2) is 10.1. The summed E-state index contributed by atoms with van der Waals surface area (Å²) in [6.45, 7) is 4.08. The Hall–Kier alpha value is -2.63. The van der Waals surface area contributed by atoms with Crippen LogP contribution < -0.4 is 10.6 Å². The van der Waals surface area contributed by atoms with Crippen molar-refractivity contribution in [2.45, 2.75) is 58.4 Å². The zero-order chi connectivity index (χ0) is 19.8. The molecule has 6 heteroatoms. The SMILES string of the molecule is CCCCCNC(=O)c1nc(C(=O)NCCc2ccccc2)c2n1CCCC2. The van der Waals surface area contributed by atoms with E-state index in [2.05, 4.69) is 22.5 Å². The molecule has 3 rings (SSSR count). The van der Waals surface area contributed by atoms with Gasteiger partial charge in [0.2, 0.25) is 0 Å². The number of fused-ring (bicyclic) bond motifs is 1. The van der Waals surface area contributed by atoms with Gasteiger partial charge in [-0.3, -0.25) is 9.59 Å². The Kier molecular flexibility index (Phi) is 7.23. The van der Waals surface area contributed by atoms with Crippen LogP contribution >= 0.6 is 0 Å². The summed E-state index contributed by atoms with van der Waals surface area (Å²) >= 11 is 0. The van der Waals surface area contributed by atoms with Crippen molar-refractivity contribution in [3.8, 4) is 0 Å². The number of unbranched alkanes of at least 4 members (excludes halogenated alkanes) is 2. The molecule has 0 saturated heterocycles. The number of carbonyl (C=O) groups is 2. The molecule has 1 aromatic carbocycles. The van der Waals surface area contributed by atoms with Crippen LogP contribution in [-0.4, -0.2) is 34.5 Å². The number of amides is 2. The number of nitrogens with zero attached hydrogens (tertiary/aromatic N) is 2. The summed E-state index contributed by atoms with van der Waals surface area (Å²) in [5.41, 5.74) is 2.48. The topological polar surface area (TPSA) is 76.0 Å². The molecule has 0 bridgehead atoms. The molecule has 1 aromatic heterocycles. The Balaban J connectivity index is 1.65. The van der Waals surface area contributed by atoms with Crippen LogP contribution in [0.15, 0.2) is 30.3 Å². The number of hydrogen-bond donors (Lipinski definition) is 2. The number of aromatic nitrogens is 2. The zero-order valence-electron chi connectivity index (χ0n) is 16.7. The average Bonchev–Trinajstić information content (AvgIpc) is 3.12. The summed E-state index contributed by atoms with van der Waals surface area (Å²) in [5.74, 6) is 0.00797. The van der Waals surface area contributed by atoms with Crippen LogP contribution in [0, 0.1) is 0 Å². The van der Waals surface area contributed by atoms with Gasteiger partial charge >= 0.3 is 0 Å². The van der Waals surface area contributed by atoms with Gasteiger partial charge in [0, 0.05) is 19.6 Å². The largest absolute Gasteiger partial charge is 0.350 e. The molecule has 1 aliphatic heterocycles. The fraction of sp³-hybridized carbons (Fsp3) is 0.500. The summed E-state index contributed by atoms with van der Waals surface area (Å²) in [4.78, 5) is 29.8. The zero-order valence-corrected chi connectivity index (χ0v) is 16.7. The fourth-order valence-corrected chi connectivity index (χ4v) is 3.60. The number of hydrogen-bond acceptors (Lipinski definition) is 3. The average molecular weight is 383 g/mol. The monoisotopic (exact) mass is 382 g/mol. The van der Waals surface area contributed by atoms with E-state index in [0.29, 0.717) is 24.6 Å². The van der Waals surface area contributed by atoms with Gasteiger partial charge in [0.25, 0.3) is 11.8 Å². The molecule has 6 nitrogen and oxygen atoms in total. The number of benzene rings is 1. The maximum atomic E-state index is 12.7. The summed E-state index contributed by atoms with van der Waals surface area (Å²) in [6.07, 6.45) is 6.76. The lowest BCUT2D eigenvalue weighted by Crippen LogP contribution is -2.28. The van der Waals surface area contributed by atoms with Crippen LogP contribution in [0.2, 0.25) is 0 Å². The van der Waals surface area contributed by atoms with Crippen LogP contribution in [0.5, 0.6) is 0 Å². The first-order chi connectivity index (χ1) is 13.7. The third-order valence-electron chi connectivity index (χ3n) is 5.14. The lowest BCUT2D eigenvalue weighted by atomic mass is 10.1. The predicted molar refractivity (Wildman–Crippen MR) is 110 cm³/mol. The van der Waals surface area contributed by atoms with Gasteiger partial charge in [-0.15, -0.1) is 0 Å². The number of imidazole rings is 1. The first-order valence-corrected chi connectivity index (χ1v) is 10.4. The Morgan fingerprint density at radius 1 is 1.04 bits per heavy atom. The second-order valence-corrected chi connectivity index (χ2v) is 7.29. The highest BCUT2D eigenvalue weighted by Gasteiger charge is 2.27. The molecule has 0 aliphatic carbocycles. The summed E-state index contributed by atoms with van der Waals surface area (Å²) in [6, 6.07) is 10.1. The minimum absolute atomic E-state index is 0.178. The van der Waals surface area contributed by atoms with Crippen LogP contribution in [-0.2, 0) is 19.4 Å². The molecule has 2 amide bonds. The molecule has 2 heterocycles. The second-order valence-electron chi connectivity index (χ2n) is 7.29. The van der Waals surface area contributed by atoms with Gasteiger partial charge in [-0.05, 0) is 37.7 Å². The molecule has 1 aliphatic rings. The normalized spacial score (nSPS) is 13.0. The lowest BCUT2D eigenvalue weighted by Gasteiger charge is -2.17. The number of carbonyl (C=O) groups excluding carboxylic acids is 2. The van der Waals surface area contributed by atoms with Gasteiger partial charge < -0.3 is 15.2 Å². The van der Waals surface area contributed by atoms with Gasteiger partial charge in [0.15, 0.2) is 5.82 Å². The smallest absolute Gasteiger partial charge is 0.287 e. The summed E-state index contributed by atoms with van der Waals surface area (Å²) in [7, 11) is 0. The van der Waals surface area contributed by atoms with E-state index in [4.69, 9.17) is 0 Å². The highest BCUT2D eigenvalue weighted by atomic mass is 16.2. The minimum Gasteiger partial charge on any atom is -0.350 e. The van der Waals surface area contributed by atoms with Crippen LogP contribution in [0.1, 0.15) is 71.4 Å². The molecule has 0 spiro atoms. The maximum Gasteiger partial charge on any atom is 0.287 e. The van der Waals surface area contributed by atoms with Gasteiger partial charge in [0.05, 0.1) is 5.69 Å². The Morgan fingerprint density at radius 3 is 2.61 bits per heavy atom. The van der Waals surface area contributed by atoms with E-state index >= 15 is 0 Å². The molecule has 0 fully saturated rings. The van der Waals surface area contributed by atoms with Crippen molar-refractivity contribution in [3.05, 3.63) is 53.1 Å². The third-order valence-corrected chi connectivity index (χ3v) is 5.14. The van der Waals surface area contributed by atoms with E-state index in [9.17, 15) is 9.59 Å². The van der Waals surface area contributed by atoms with Crippen LogP contribution in [0.3, 0.4) is 0 Å². The molecule has 0 radical (unpaired) electrons.